The van der Waals surface area contributed by atoms with Crippen LogP contribution in [0.25, 0.3) is 0 Å². The highest BCUT2D eigenvalue weighted by molar-refractivity contribution is 7.51. The number of carbonyl (C=O) groups is 2. The van der Waals surface area contributed by atoms with E-state index in [1.807, 2.05) is 0 Å². The highest BCUT2D eigenvalue weighted by Gasteiger charge is 1.97. The number of benzene rings is 2. The summed E-state index contributed by atoms with van der Waals surface area (Å²) >= 11 is -0.750. The topological polar surface area (TPSA) is 109 Å². The van der Waals surface area contributed by atoms with Gasteiger partial charge in [0.2, 0.25) is 0 Å². The summed E-state index contributed by atoms with van der Waals surface area (Å²) in [4.78, 5) is 20.4. The van der Waals surface area contributed by atoms with Crippen LogP contribution in [0.3, 0.4) is 0 Å². The van der Waals surface area contributed by atoms with Crippen LogP contribution >= 0.6 is 0 Å². The van der Waals surface area contributed by atoms with Crippen LogP contribution in [0, 0.1) is 0 Å². The van der Waals surface area contributed by atoms with Crippen LogP contribution < -0.4 is 0 Å². The van der Waals surface area contributed by atoms with Crippen LogP contribution in [0.5, 0.6) is 0 Å². The fraction of sp³-hybridized carbons (Fsp3) is 0.364. The van der Waals surface area contributed by atoms with Crippen molar-refractivity contribution in [2.75, 3.05) is 0 Å². The van der Waals surface area contributed by atoms with Gasteiger partial charge >= 0.3 is 23.5 Å². The van der Waals surface area contributed by atoms with Gasteiger partial charge in [-0.1, -0.05) is 95.8 Å². The molecule has 0 saturated heterocycles. The average molecular weight is 437 g/mol. The minimum Gasteiger partial charge on any atom is -0.478 e. The molecule has 0 heterocycles. The Balaban J connectivity index is -0.0000000279. The number of carboxylic acids is 2. The molecule has 174 valence electrons. The van der Waals surface area contributed by atoms with Gasteiger partial charge in [-0.25, -0.2) is 9.59 Å². The van der Waals surface area contributed by atoms with Gasteiger partial charge in [0, 0.05) is 0 Å². The molecular weight excluding hydrogens is 392 g/mol. The molecule has 0 bridgehead atoms. The predicted octanol–water partition coefficient (Wildman–Crippen LogP) is 7.19. The van der Waals surface area contributed by atoms with Gasteiger partial charge in [0.1, 0.15) is 0 Å². The molecule has 0 spiro atoms. The smallest absolute Gasteiger partial charge is 0.335 e. The van der Waals surface area contributed by atoms with E-state index in [-0.39, 0.29) is 59.4 Å². The first-order valence-corrected chi connectivity index (χ1v) is 6.18. The lowest BCUT2D eigenvalue weighted by Gasteiger charge is -1.88. The Kier molecular flexibility index (Phi) is 70.1. The molecule has 6 nitrogen and oxygen atoms in total. The highest BCUT2D eigenvalue weighted by atomic mass is 32.1. The first kappa shape index (κ1) is 56.2. The molecule has 0 aliphatic rings. The summed E-state index contributed by atoms with van der Waals surface area (Å²) in [5.41, 5.74) is 0.662. The molecule has 0 amide bonds. The second-order valence-electron chi connectivity index (χ2n) is 3.41. The van der Waals surface area contributed by atoms with Gasteiger partial charge in [0.25, 0.3) is 0 Å². The molecule has 0 atom stereocenters. The second kappa shape index (κ2) is 36.2. The molecule has 2 rings (SSSR count). The summed E-state index contributed by atoms with van der Waals surface area (Å²) in [7, 11) is 0. The van der Waals surface area contributed by atoms with Crippen LogP contribution in [-0.2, 0) is 11.6 Å². The van der Waals surface area contributed by atoms with Crippen LogP contribution in [0.2, 0.25) is 0 Å². The van der Waals surface area contributed by atoms with Crippen molar-refractivity contribution in [1.29, 1.82) is 0 Å². The van der Waals surface area contributed by atoms with Crippen LogP contribution in [0.15, 0.2) is 60.7 Å². The van der Waals surface area contributed by atoms with E-state index >= 15 is 0 Å². The third kappa shape index (κ3) is 30.2. The van der Waals surface area contributed by atoms with E-state index in [1.54, 1.807) is 60.7 Å². The predicted molar refractivity (Wildman–Crippen MR) is 130 cm³/mol. The molecule has 0 fully saturated rings. The van der Waals surface area contributed by atoms with Gasteiger partial charge in [0.15, 0.2) is 0 Å². The average Bonchev–Trinajstić information content (AvgIpc) is 2.50. The lowest BCUT2D eigenvalue weighted by molar-refractivity contribution is 0.0686. The minimum atomic E-state index is -0.879. The Labute approximate surface area is 183 Å². The van der Waals surface area contributed by atoms with Gasteiger partial charge in [-0.3, -0.25) is 0 Å². The highest BCUT2D eigenvalue weighted by Crippen LogP contribution is 1.96. The molecule has 0 aliphatic carbocycles. The molecule has 0 aromatic heterocycles. The molecule has 7 heteroatoms. The van der Waals surface area contributed by atoms with E-state index in [2.05, 4.69) is 0 Å². The molecule has 0 unspecified atom stereocenters. The molecule has 0 aliphatic heterocycles. The maximum Gasteiger partial charge on any atom is 0.335 e. The largest absolute Gasteiger partial charge is 0.478 e. The van der Waals surface area contributed by atoms with Gasteiger partial charge < -0.3 is 10.2 Å². The van der Waals surface area contributed by atoms with Crippen molar-refractivity contribution in [3.63, 3.8) is 0 Å². The molecule has 0 radical (unpaired) electrons. The first-order chi connectivity index (χ1) is 10.0. The standard InChI is InChI=1S/2C7H6O2.8CH4.O2S/c2*8-7(9)6-4-2-1-3-5-6;;;;;;;;;1-3-2/h2*1-5H,(H,8,9);8*1H4;. The normalized spacial score (nSPS) is 5.93. The van der Waals surface area contributed by atoms with E-state index in [4.69, 9.17) is 18.6 Å². The third-order valence-electron chi connectivity index (χ3n) is 2.04. The van der Waals surface area contributed by atoms with E-state index < -0.39 is 23.5 Å². The van der Waals surface area contributed by atoms with Gasteiger partial charge in [-0.05, 0) is 24.3 Å². The van der Waals surface area contributed by atoms with Gasteiger partial charge in [-0.2, -0.15) is 8.42 Å². The van der Waals surface area contributed by atoms with E-state index in [9.17, 15) is 9.59 Å². The Morgan fingerprint density at radius 1 is 0.517 bits per heavy atom. The Bertz CT molecular complexity index is 546. The van der Waals surface area contributed by atoms with E-state index in [1.165, 1.54) is 0 Å². The monoisotopic (exact) mass is 436 g/mol. The second-order valence-corrected chi connectivity index (χ2v) is 3.55. The van der Waals surface area contributed by atoms with Crippen molar-refractivity contribution in [1.82, 2.24) is 0 Å². The van der Waals surface area contributed by atoms with Gasteiger partial charge in [-0.15, -0.1) is 0 Å². The van der Waals surface area contributed by atoms with Crippen molar-refractivity contribution < 1.29 is 28.2 Å². The van der Waals surface area contributed by atoms with Crippen molar-refractivity contribution in [3.05, 3.63) is 71.8 Å². The maximum absolute atomic E-state index is 10.2. The van der Waals surface area contributed by atoms with Crippen molar-refractivity contribution in [2.45, 2.75) is 59.4 Å². The van der Waals surface area contributed by atoms with Crippen molar-refractivity contribution in [3.8, 4) is 0 Å². The molecular formula is C22H44O6S. The SMILES string of the molecule is C.C.C.C.C.C.C.C.O=C(O)c1ccccc1.O=C(O)c1ccccc1.O=S=O. The zero-order valence-electron chi connectivity index (χ0n) is 10.7. The zero-order chi connectivity index (χ0) is 16.1. The number of aromatic carboxylic acids is 2. The van der Waals surface area contributed by atoms with Gasteiger partial charge in [0.05, 0.1) is 11.1 Å². The lowest BCUT2D eigenvalue weighted by Crippen LogP contribution is -1.93. The fourth-order valence-corrected chi connectivity index (χ4v) is 1.16. The van der Waals surface area contributed by atoms with Crippen LogP contribution in [-0.4, -0.2) is 30.6 Å². The molecule has 2 N–H and O–H groups in total. The summed E-state index contributed by atoms with van der Waals surface area (Å²) in [6, 6.07) is 16.6. The quantitative estimate of drug-likeness (QED) is 0.515. The summed E-state index contributed by atoms with van der Waals surface area (Å²) < 4.78 is 16.6. The van der Waals surface area contributed by atoms with Crippen molar-refractivity contribution >= 4 is 23.5 Å². The number of hydrogen-bond acceptors (Lipinski definition) is 4. The van der Waals surface area contributed by atoms with Crippen molar-refractivity contribution in [2.24, 2.45) is 0 Å². The molecule has 29 heavy (non-hydrogen) atoms. The lowest BCUT2D eigenvalue weighted by atomic mass is 10.2. The number of hydrogen-bond donors (Lipinski definition) is 2. The Morgan fingerprint density at radius 2 is 0.690 bits per heavy atom. The van der Waals surface area contributed by atoms with Crippen LogP contribution in [0.4, 0.5) is 0 Å². The molecule has 2 aromatic rings. The summed E-state index contributed by atoms with van der Waals surface area (Å²) in [5.74, 6) is -1.76. The zero-order valence-corrected chi connectivity index (χ0v) is 11.5. The fourth-order valence-electron chi connectivity index (χ4n) is 1.16. The minimum absolute atomic E-state index is 0. The summed E-state index contributed by atoms with van der Waals surface area (Å²) in [5, 5.41) is 16.8. The van der Waals surface area contributed by atoms with Crippen LogP contribution in [0.1, 0.15) is 80.1 Å². The summed E-state index contributed by atoms with van der Waals surface area (Å²) in [6.07, 6.45) is 0. The Hall–Kier alpha value is -2.80. The number of carboxylic acid groups (broad SMARTS) is 2. The van der Waals surface area contributed by atoms with E-state index in [0.29, 0.717) is 11.1 Å². The Morgan fingerprint density at radius 3 is 0.793 bits per heavy atom. The molecule has 2 aromatic carbocycles. The number of rotatable bonds is 2. The van der Waals surface area contributed by atoms with E-state index in [0.717, 1.165) is 0 Å². The third-order valence-corrected chi connectivity index (χ3v) is 2.04. The summed E-state index contributed by atoms with van der Waals surface area (Å²) in [6.45, 7) is 0. The first-order valence-electron chi connectivity index (χ1n) is 5.51. The maximum atomic E-state index is 10.2. The molecule has 0 saturated carbocycles.